The highest BCUT2D eigenvalue weighted by Gasteiger charge is 2.19. The molecule has 1 heterocycles. The van der Waals surface area contributed by atoms with Crippen LogP contribution in [0.15, 0.2) is 33.4 Å². The molecule has 2 rings (SSSR count). The number of benzene rings is 1. The first-order chi connectivity index (χ1) is 11.2. The molecule has 0 fully saturated rings. The van der Waals surface area contributed by atoms with Gasteiger partial charge in [-0.1, -0.05) is 25.4 Å². The van der Waals surface area contributed by atoms with Gasteiger partial charge in [0.15, 0.2) is 10.4 Å². The molecule has 0 radical (unpaired) electrons. The normalized spacial score (nSPS) is 11.5. The molecule has 0 saturated heterocycles. The Balaban J connectivity index is 0.00000312. The molecule has 2 aromatic rings. The van der Waals surface area contributed by atoms with Crippen LogP contribution in [0.3, 0.4) is 0 Å². The second-order valence-electron chi connectivity index (χ2n) is 7.17. The van der Waals surface area contributed by atoms with E-state index in [0.29, 0.717) is 12.5 Å². The van der Waals surface area contributed by atoms with Crippen molar-refractivity contribution in [2.75, 3.05) is 27.2 Å². The molecule has 0 aliphatic rings. The summed E-state index contributed by atoms with van der Waals surface area (Å²) in [6, 6.07) is 8.00. The first-order valence-corrected chi connectivity index (χ1v) is 9.34. The van der Waals surface area contributed by atoms with Crippen LogP contribution in [0.25, 0.3) is 0 Å². The summed E-state index contributed by atoms with van der Waals surface area (Å²) in [5.41, 5.74) is 2.20. The molecule has 0 unspecified atom stereocenters. The van der Waals surface area contributed by atoms with Crippen LogP contribution in [-0.2, 0) is 6.54 Å². The van der Waals surface area contributed by atoms with E-state index in [1.165, 1.54) is 0 Å². The van der Waals surface area contributed by atoms with E-state index < -0.39 is 0 Å². The van der Waals surface area contributed by atoms with Crippen molar-refractivity contribution in [1.82, 2.24) is 0 Å². The minimum absolute atomic E-state index is 0. The van der Waals surface area contributed by atoms with E-state index in [1.807, 2.05) is 31.2 Å². The Hall–Kier alpha value is -0.490. The first kappa shape index (κ1) is 22.6. The zero-order valence-corrected chi connectivity index (χ0v) is 19.3. The fourth-order valence-corrected chi connectivity index (χ4v) is 3.10. The largest absolute Gasteiger partial charge is 1.00 e. The zero-order valence-electron chi connectivity index (χ0n) is 15.4. The molecular formula is C19H26Br2ClNO2. The molecule has 0 saturated carbocycles. The minimum atomic E-state index is 0. The Bertz CT molecular complexity index is 699. The molecule has 25 heavy (non-hydrogen) atoms. The number of furan rings is 1. The predicted molar refractivity (Wildman–Crippen MR) is 103 cm³/mol. The van der Waals surface area contributed by atoms with Gasteiger partial charge in [0.05, 0.1) is 14.1 Å². The fraction of sp³-hybridized carbons (Fsp3) is 0.474. The average Bonchev–Trinajstić information content (AvgIpc) is 2.86. The monoisotopic (exact) mass is 493 g/mol. The Morgan fingerprint density at radius 1 is 1.24 bits per heavy atom. The number of nitrogens with zero attached hydrogens (tertiary/aromatic N) is 1. The molecule has 1 aromatic carbocycles. The zero-order chi connectivity index (χ0) is 17.9. The molecule has 0 spiro atoms. The van der Waals surface area contributed by atoms with Gasteiger partial charge in [-0.05, 0) is 64.2 Å². The Labute approximate surface area is 174 Å². The van der Waals surface area contributed by atoms with E-state index in [4.69, 9.17) is 20.8 Å². The SMILES string of the molecule is Cc1cc(OCC[N+](C)(C)Cc2ccc(Br)o2)c(C(C)C)cc1Cl.[Br-]. The van der Waals surface area contributed by atoms with Crippen LogP contribution < -0.4 is 21.7 Å². The molecular weight excluding hydrogens is 469 g/mol. The van der Waals surface area contributed by atoms with Gasteiger partial charge in [-0.15, -0.1) is 0 Å². The number of hydrogen-bond donors (Lipinski definition) is 0. The van der Waals surface area contributed by atoms with Crippen molar-refractivity contribution in [3.05, 3.63) is 50.8 Å². The van der Waals surface area contributed by atoms with Gasteiger partial charge in [0.1, 0.15) is 25.4 Å². The molecule has 0 bridgehead atoms. The van der Waals surface area contributed by atoms with Gasteiger partial charge >= 0.3 is 0 Å². The van der Waals surface area contributed by atoms with Crippen molar-refractivity contribution in [1.29, 1.82) is 0 Å². The van der Waals surface area contributed by atoms with Gasteiger partial charge < -0.3 is 30.6 Å². The molecule has 6 heteroatoms. The lowest BCUT2D eigenvalue weighted by Crippen LogP contribution is -3.00. The van der Waals surface area contributed by atoms with Gasteiger partial charge in [0, 0.05) is 5.02 Å². The quantitative estimate of drug-likeness (QED) is 0.552. The number of rotatable bonds is 7. The standard InChI is InChI=1S/C19H26BrClNO2.BrH/c1-13(2)16-11-17(21)14(3)10-18(16)23-9-8-22(4,5)12-15-6-7-19(20)24-15;/h6-7,10-11,13H,8-9,12H2,1-5H3;1H/q+1;/p-1. The molecule has 3 nitrogen and oxygen atoms in total. The lowest BCUT2D eigenvalue weighted by molar-refractivity contribution is -0.904. The van der Waals surface area contributed by atoms with Gasteiger partial charge in [-0.2, -0.15) is 0 Å². The van der Waals surface area contributed by atoms with E-state index >= 15 is 0 Å². The highest BCUT2D eigenvalue weighted by atomic mass is 79.9. The summed E-state index contributed by atoms with van der Waals surface area (Å²) in [7, 11) is 4.35. The third-order valence-electron chi connectivity index (χ3n) is 4.08. The summed E-state index contributed by atoms with van der Waals surface area (Å²) < 4.78 is 13.3. The summed E-state index contributed by atoms with van der Waals surface area (Å²) in [4.78, 5) is 0. The molecule has 1 aromatic heterocycles. The van der Waals surface area contributed by atoms with Crippen molar-refractivity contribution in [3.63, 3.8) is 0 Å². The molecule has 0 atom stereocenters. The van der Waals surface area contributed by atoms with Crippen LogP contribution in [0.4, 0.5) is 0 Å². The summed E-state index contributed by atoms with van der Waals surface area (Å²) >= 11 is 9.60. The van der Waals surface area contributed by atoms with Crippen molar-refractivity contribution in [3.8, 4) is 5.75 Å². The highest BCUT2D eigenvalue weighted by molar-refractivity contribution is 9.10. The Kier molecular flexibility index (Phi) is 8.52. The second-order valence-corrected chi connectivity index (χ2v) is 8.35. The topological polar surface area (TPSA) is 22.4 Å². The average molecular weight is 496 g/mol. The van der Waals surface area contributed by atoms with E-state index in [1.54, 1.807) is 0 Å². The number of quaternary nitrogens is 1. The lowest BCUT2D eigenvalue weighted by Gasteiger charge is -2.29. The number of likely N-dealkylation sites (N-methyl/N-ethyl adjacent to an activating group) is 1. The van der Waals surface area contributed by atoms with Crippen molar-refractivity contribution < 1.29 is 30.6 Å². The first-order valence-electron chi connectivity index (χ1n) is 8.17. The number of aryl methyl sites for hydroxylation is 1. The third-order valence-corrected chi connectivity index (χ3v) is 4.91. The second kappa shape index (κ2) is 9.45. The van der Waals surface area contributed by atoms with Crippen LogP contribution in [0.1, 0.15) is 36.7 Å². The van der Waals surface area contributed by atoms with Crippen LogP contribution in [0.5, 0.6) is 5.75 Å². The summed E-state index contributed by atoms with van der Waals surface area (Å²) in [6.07, 6.45) is 0. The van der Waals surface area contributed by atoms with Gasteiger partial charge in [-0.3, -0.25) is 0 Å². The lowest BCUT2D eigenvalue weighted by atomic mass is 10.0. The number of ether oxygens (including phenoxy) is 1. The smallest absolute Gasteiger partial charge is 0.169 e. The maximum atomic E-state index is 6.26. The summed E-state index contributed by atoms with van der Waals surface area (Å²) in [5, 5.41) is 0.797. The van der Waals surface area contributed by atoms with Crippen LogP contribution in [0, 0.1) is 6.92 Å². The van der Waals surface area contributed by atoms with Crippen molar-refractivity contribution >= 4 is 27.5 Å². The fourth-order valence-electron chi connectivity index (χ4n) is 2.59. The van der Waals surface area contributed by atoms with E-state index in [9.17, 15) is 0 Å². The molecule has 0 aliphatic heterocycles. The van der Waals surface area contributed by atoms with E-state index in [2.05, 4.69) is 43.9 Å². The van der Waals surface area contributed by atoms with Gasteiger partial charge in [-0.25, -0.2) is 0 Å². The van der Waals surface area contributed by atoms with E-state index in [0.717, 1.165) is 49.9 Å². The Morgan fingerprint density at radius 2 is 1.92 bits per heavy atom. The predicted octanol–water partition coefficient (Wildman–Crippen LogP) is 2.79. The van der Waals surface area contributed by atoms with Gasteiger partial charge in [0.2, 0.25) is 0 Å². The van der Waals surface area contributed by atoms with Gasteiger partial charge in [0.25, 0.3) is 0 Å². The Morgan fingerprint density at radius 3 is 2.48 bits per heavy atom. The van der Waals surface area contributed by atoms with E-state index in [-0.39, 0.29) is 17.0 Å². The van der Waals surface area contributed by atoms with Crippen LogP contribution >= 0.6 is 27.5 Å². The summed E-state index contributed by atoms with van der Waals surface area (Å²) in [5.74, 6) is 2.28. The third kappa shape index (κ3) is 6.63. The van der Waals surface area contributed by atoms with Crippen molar-refractivity contribution in [2.24, 2.45) is 0 Å². The maximum absolute atomic E-state index is 6.26. The van der Waals surface area contributed by atoms with Crippen LogP contribution in [-0.4, -0.2) is 31.7 Å². The number of hydrogen-bond acceptors (Lipinski definition) is 2. The highest BCUT2D eigenvalue weighted by Crippen LogP contribution is 2.32. The maximum Gasteiger partial charge on any atom is 0.169 e. The minimum Gasteiger partial charge on any atom is -1.00 e. The molecule has 140 valence electrons. The molecule has 0 N–H and O–H groups in total. The van der Waals surface area contributed by atoms with Crippen molar-refractivity contribution in [2.45, 2.75) is 33.2 Å². The molecule has 0 amide bonds. The summed E-state index contributed by atoms with van der Waals surface area (Å²) in [6.45, 7) is 8.68. The molecule has 0 aliphatic carbocycles. The van der Waals surface area contributed by atoms with Crippen LogP contribution in [0.2, 0.25) is 5.02 Å². The number of halogens is 3.